The summed E-state index contributed by atoms with van der Waals surface area (Å²) in [6.07, 6.45) is -3.94. The van der Waals surface area contributed by atoms with E-state index in [4.69, 9.17) is 0 Å². The molecule has 0 aliphatic carbocycles. The Morgan fingerprint density at radius 1 is 1.25 bits per heavy atom. The van der Waals surface area contributed by atoms with Gasteiger partial charge in [-0.15, -0.1) is 0 Å². The third-order valence-corrected chi connectivity index (χ3v) is 4.79. The summed E-state index contributed by atoms with van der Waals surface area (Å²) in [7, 11) is 1.66. The van der Waals surface area contributed by atoms with Gasteiger partial charge in [-0.2, -0.15) is 13.9 Å². The second-order valence-corrected chi connectivity index (χ2v) is 6.92. The smallest absolute Gasteiger partial charge is 0.315 e. The normalized spacial score (nSPS) is 19.7. The molecule has 7 nitrogen and oxygen atoms in total. The molecule has 1 saturated heterocycles. The summed E-state index contributed by atoms with van der Waals surface area (Å²) < 4.78 is 26.5. The van der Waals surface area contributed by atoms with Crippen LogP contribution in [0.1, 0.15) is 22.5 Å². The number of β-amino-alcohol motifs (C(OH)–C–C–N with tert-alkyl or cyclic N) is 1. The average molecular weight is 392 g/mol. The van der Waals surface area contributed by atoms with Crippen molar-refractivity contribution in [3.8, 4) is 11.3 Å². The number of carbonyl (C=O) groups is 2. The van der Waals surface area contributed by atoms with E-state index in [1.54, 1.807) is 14.0 Å². The van der Waals surface area contributed by atoms with E-state index >= 15 is 0 Å². The van der Waals surface area contributed by atoms with Crippen LogP contribution in [0.4, 0.5) is 8.78 Å². The predicted octanol–water partition coefficient (Wildman–Crippen LogP) is 1.35. The van der Waals surface area contributed by atoms with E-state index in [0.29, 0.717) is 17.0 Å². The minimum absolute atomic E-state index is 0.0413. The second kappa shape index (κ2) is 8.05. The SMILES string of the molecule is Cc1c(-c2ccccc2)nn(C)c1C(=O)N1CC(O)CC(NC(=O)C(F)F)C1. The lowest BCUT2D eigenvalue weighted by Crippen LogP contribution is -2.55. The van der Waals surface area contributed by atoms with Crippen molar-refractivity contribution in [2.75, 3.05) is 13.1 Å². The molecule has 0 spiro atoms. The van der Waals surface area contributed by atoms with Gasteiger partial charge in [-0.1, -0.05) is 30.3 Å². The fourth-order valence-electron chi connectivity index (χ4n) is 3.56. The molecule has 0 bridgehead atoms. The number of hydrogen-bond acceptors (Lipinski definition) is 4. The maximum Gasteiger partial charge on any atom is 0.315 e. The maximum atomic E-state index is 13.1. The first-order valence-corrected chi connectivity index (χ1v) is 8.92. The number of nitrogens with one attached hydrogen (secondary N) is 1. The van der Waals surface area contributed by atoms with Crippen molar-refractivity contribution in [1.82, 2.24) is 20.0 Å². The highest BCUT2D eigenvalue weighted by molar-refractivity contribution is 5.96. The number of likely N-dealkylation sites (tertiary alicyclic amines) is 1. The molecule has 2 heterocycles. The first-order chi connectivity index (χ1) is 13.3. The minimum atomic E-state index is -3.14. The fourth-order valence-corrected chi connectivity index (χ4v) is 3.56. The molecule has 9 heteroatoms. The lowest BCUT2D eigenvalue weighted by Gasteiger charge is -2.36. The van der Waals surface area contributed by atoms with Crippen LogP contribution in [0.25, 0.3) is 11.3 Å². The molecule has 2 N–H and O–H groups in total. The monoisotopic (exact) mass is 392 g/mol. The standard InChI is InChI=1S/C19H22F2N4O3/c1-11-15(12-6-4-3-5-7-12)23-24(2)16(11)19(28)25-9-13(8-14(26)10-25)22-18(27)17(20)21/h3-7,13-14,17,26H,8-10H2,1-2H3,(H,22,27). The highest BCUT2D eigenvalue weighted by Crippen LogP contribution is 2.26. The number of aromatic nitrogens is 2. The summed E-state index contributed by atoms with van der Waals surface area (Å²) in [5.41, 5.74) is 2.58. The Kier molecular flexibility index (Phi) is 5.73. The van der Waals surface area contributed by atoms with Gasteiger partial charge in [-0.05, 0) is 13.3 Å². The van der Waals surface area contributed by atoms with Gasteiger partial charge in [-0.3, -0.25) is 14.3 Å². The number of alkyl halides is 2. The second-order valence-electron chi connectivity index (χ2n) is 6.92. The van der Waals surface area contributed by atoms with Crippen LogP contribution in [0.5, 0.6) is 0 Å². The molecule has 1 aromatic carbocycles. The number of aliphatic hydroxyl groups is 1. The van der Waals surface area contributed by atoms with E-state index in [-0.39, 0.29) is 25.4 Å². The molecule has 1 aromatic heterocycles. The van der Waals surface area contributed by atoms with Crippen molar-refractivity contribution >= 4 is 11.8 Å². The molecular weight excluding hydrogens is 370 g/mol. The molecule has 3 rings (SSSR count). The van der Waals surface area contributed by atoms with Crippen LogP contribution in [-0.4, -0.2) is 63.3 Å². The van der Waals surface area contributed by atoms with E-state index in [9.17, 15) is 23.5 Å². The molecule has 2 unspecified atom stereocenters. The molecule has 150 valence electrons. The highest BCUT2D eigenvalue weighted by Gasteiger charge is 2.33. The van der Waals surface area contributed by atoms with Crippen molar-refractivity contribution in [2.45, 2.75) is 31.9 Å². The van der Waals surface area contributed by atoms with Gasteiger partial charge < -0.3 is 15.3 Å². The van der Waals surface area contributed by atoms with Crippen molar-refractivity contribution < 1.29 is 23.5 Å². The van der Waals surface area contributed by atoms with E-state index < -0.39 is 24.5 Å². The molecule has 1 fully saturated rings. The van der Waals surface area contributed by atoms with Gasteiger partial charge in [0.2, 0.25) is 0 Å². The molecule has 1 aliphatic rings. The first kappa shape index (κ1) is 19.9. The number of amides is 2. The molecule has 28 heavy (non-hydrogen) atoms. The summed E-state index contributed by atoms with van der Waals surface area (Å²) in [5, 5.41) is 16.7. The fraction of sp³-hybridized carbons (Fsp3) is 0.421. The Bertz CT molecular complexity index is 870. The largest absolute Gasteiger partial charge is 0.391 e. The van der Waals surface area contributed by atoms with Gasteiger partial charge in [0.25, 0.3) is 11.8 Å². The maximum absolute atomic E-state index is 13.1. The van der Waals surface area contributed by atoms with Crippen molar-refractivity contribution in [2.24, 2.45) is 7.05 Å². The summed E-state index contributed by atoms with van der Waals surface area (Å²) >= 11 is 0. The summed E-state index contributed by atoms with van der Waals surface area (Å²) in [5.74, 6) is -1.78. The topological polar surface area (TPSA) is 87.5 Å². The minimum Gasteiger partial charge on any atom is -0.391 e. The molecule has 0 radical (unpaired) electrons. The van der Waals surface area contributed by atoms with E-state index in [0.717, 1.165) is 5.56 Å². The number of nitrogens with zero attached hydrogens (tertiary/aromatic N) is 3. The molecule has 1 aliphatic heterocycles. The van der Waals surface area contributed by atoms with Crippen LogP contribution in [0, 0.1) is 6.92 Å². The van der Waals surface area contributed by atoms with Crippen molar-refractivity contribution in [3.63, 3.8) is 0 Å². The molecule has 2 aromatic rings. The molecular formula is C19H22F2N4O3. The van der Waals surface area contributed by atoms with Gasteiger partial charge in [0, 0.05) is 37.3 Å². The number of aliphatic hydroxyl groups excluding tert-OH is 1. The molecule has 2 amide bonds. The van der Waals surface area contributed by atoms with Gasteiger partial charge in [0.15, 0.2) is 0 Å². The Hall–Kier alpha value is -2.81. The van der Waals surface area contributed by atoms with E-state index in [2.05, 4.69) is 10.4 Å². The summed E-state index contributed by atoms with van der Waals surface area (Å²) in [4.78, 5) is 25.7. The number of carbonyl (C=O) groups excluding carboxylic acids is 2. The van der Waals surface area contributed by atoms with Gasteiger partial charge in [0.05, 0.1) is 11.8 Å². The lowest BCUT2D eigenvalue weighted by molar-refractivity contribution is -0.133. The number of benzene rings is 1. The zero-order chi connectivity index (χ0) is 20.4. The summed E-state index contributed by atoms with van der Waals surface area (Å²) in [6, 6.07) is 8.69. The van der Waals surface area contributed by atoms with Gasteiger partial charge in [0.1, 0.15) is 5.69 Å². The van der Waals surface area contributed by atoms with Crippen LogP contribution in [0.3, 0.4) is 0 Å². The van der Waals surface area contributed by atoms with Crippen molar-refractivity contribution in [1.29, 1.82) is 0 Å². The van der Waals surface area contributed by atoms with Gasteiger partial charge >= 0.3 is 6.43 Å². The Morgan fingerprint density at radius 2 is 1.93 bits per heavy atom. The quantitative estimate of drug-likeness (QED) is 0.822. The van der Waals surface area contributed by atoms with E-state index in [1.807, 2.05) is 30.3 Å². The molecule has 0 saturated carbocycles. The summed E-state index contributed by atoms with van der Waals surface area (Å²) in [6.45, 7) is 1.89. The average Bonchev–Trinajstić information content (AvgIpc) is 2.95. The van der Waals surface area contributed by atoms with Crippen LogP contribution in [-0.2, 0) is 11.8 Å². The highest BCUT2D eigenvalue weighted by atomic mass is 19.3. The third-order valence-electron chi connectivity index (χ3n) is 4.79. The predicted molar refractivity (Wildman–Crippen MR) is 97.8 cm³/mol. The van der Waals surface area contributed by atoms with Crippen LogP contribution in [0.2, 0.25) is 0 Å². The van der Waals surface area contributed by atoms with Crippen LogP contribution in [0.15, 0.2) is 30.3 Å². The number of halogens is 2. The van der Waals surface area contributed by atoms with Gasteiger partial charge in [-0.25, -0.2) is 0 Å². The third kappa shape index (κ3) is 4.04. The zero-order valence-electron chi connectivity index (χ0n) is 15.6. The lowest BCUT2D eigenvalue weighted by atomic mass is 10.0. The molecule has 2 atom stereocenters. The zero-order valence-corrected chi connectivity index (χ0v) is 15.6. The van der Waals surface area contributed by atoms with Crippen molar-refractivity contribution in [3.05, 3.63) is 41.6 Å². The Morgan fingerprint density at radius 3 is 2.57 bits per heavy atom. The van der Waals surface area contributed by atoms with Crippen LogP contribution >= 0.6 is 0 Å². The number of rotatable bonds is 4. The van der Waals surface area contributed by atoms with Crippen LogP contribution < -0.4 is 5.32 Å². The van der Waals surface area contributed by atoms with E-state index in [1.165, 1.54) is 9.58 Å². The first-order valence-electron chi connectivity index (χ1n) is 8.92. The number of aryl methyl sites for hydroxylation is 1. The number of piperidine rings is 1. The Labute approximate surface area is 160 Å². The Balaban J connectivity index is 1.83. The number of hydrogen-bond donors (Lipinski definition) is 2.